The minimum Gasteiger partial charge on any atom is -0.481 e. The van der Waals surface area contributed by atoms with E-state index in [9.17, 15) is 9.59 Å². The molecule has 0 fully saturated rings. The van der Waals surface area contributed by atoms with E-state index in [4.69, 9.17) is 4.74 Å². The first kappa shape index (κ1) is 16.2. The monoisotopic (exact) mass is 361 g/mol. The molecule has 1 atom stereocenters. The van der Waals surface area contributed by atoms with Gasteiger partial charge in [-0.25, -0.2) is 0 Å². The molecule has 2 aromatic rings. The number of halogens is 1. The number of carbonyl (C=O) groups is 2. The van der Waals surface area contributed by atoms with E-state index in [1.807, 2.05) is 12.1 Å². The minimum atomic E-state index is -0.637. The highest BCUT2D eigenvalue weighted by Crippen LogP contribution is 2.19. The predicted octanol–water partition coefficient (Wildman–Crippen LogP) is 4.06. The summed E-state index contributed by atoms with van der Waals surface area (Å²) in [7, 11) is 0. The van der Waals surface area contributed by atoms with Crippen LogP contribution in [0.1, 0.15) is 24.2 Å². The van der Waals surface area contributed by atoms with Gasteiger partial charge in [-0.15, -0.1) is 0 Å². The molecule has 2 aromatic carbocycles. The lowest BCUT2D eigenvalue weighted by molar-refractivity contribution is -0.122. The Morgan fingerprint density at radius 3 is 2.41 bits per heavy atom. The summed E-state index contributed by atoms with van der Waals surface area (Å²) < 4.78 is 6.48. The molecule has 0 spiro atoms. The molecule has 2 rings (SSSR count). The maximum atomic E-state index is 12.1. The Kier molecular flexibility index (Phi) is 5.33. The van der Waals surface area contributed by atoms with Gasteiger partial charge >= 0.3 is 0 Å². The van der Waals surface area contributed by atoms with Crippen molar-refractivity contribution < 1.29 is 14.3 Å². The fourth-order valence-corrected chi connectivity index (χ4v) is 2.21. The Morgan fingerprint density at radius 2 is 1.82 bits per heavy atom. The third kappa shape index (κ3) is 4.43. The predicted molar refractivity (Wildman–Crippen MR) is 89.3 cm³/mol. The standard InChI is InChI=1S/C17H16BrNO3/c1-11(20)13-6-8-15(9-7-13)19-17(21)12(2)22-16-5-3-4-14(18)10-16/h3-10,12H,1-2H3,(H,19,21). The highest BCUT2D eigenvalue weighted by molar-refractivity contribution is 9.10. The molecule has 0 aliphatic carbocycles. The average Bonchev–Trinajstić information content (AvgIpc) is 2.47. The first-order valence-corrected chi connectivity index (χ1v) is 7.59. The van der Waals surface area contributed by atoms with E-state index < -0.39 is 6.10 Å². The van der Waals surface area contributed by atoms with Crippen molar-refractivity contribution in [2.45, 2.75) is 20.0 Å². The zero-order valence-electron chi connectivity index (χ0n) is 12.3. The zero-order chi connectivity index (χ0) is 16.1. The molecule has 1 amide bonds. The number of rotatable bonds is 5. The van der Waals surface area contributed by atoms with Crippen LogP contribution in [0.4, 0.5) is 5.69 Å². The number of Topliss-reactive ketones (excluding diaryl/α,β-unsaturated/α-hetero) is 1. The molecule has 0 aromatic heterocycles. The normalized spacial score (nSPS) is 11.6. The minimum absolute atomic E-state index is 0.00997. The van der Waals surface area contributed by atoms with Crippen LogP contribution in [0.2, 0.25) is 0 Å². The molecule has 0 aliphatic heterocycles. The van der Waals surface area contributed by atoms with Crippen molar-refractivity contribution >= 4 is 33.3 Å². The van der Waals surface area contributed by atoms with Crippen molar-refractivity contribution in [2.24, 2.45) is 0 Å². The largest absolute Gasteiger partial charge is 0.481 e. The third-order valence-corrected chi connectivity index (χ3v) is 3.53. The van der Waals surface area contributed by atoms with Crippen LogP contribution in [0.5, 0.6) is 5.75 Å². The molecule has 114 valence electrons. The lowest BCUT2D eigenvalue weighted by atomic mass is 10.1. The third-order valence-electron chi connectivity index (χ3n) is 3.04. The topological polar surface area (TPSA) is 55.4 Å². The number of hydrogen-bond donors (Lipinski definition) is 1. The van der Waals surface area contributed by atoms with Crippen LogP contribution in [-0.4, -0.2) is 17.8 Å². The van der Waals surface area contributed by atoms with Crippen LogP contribution >= 0.6 is 15.9 Å². The molecule has 0 heterocycles. The molecular weight excluding hydrogens is 346 g/mol. The summed E-state index contributed by atoms with van der Waals surface area (Å²) in [4.78, 5) is 23.3. The SMILES string of the molecule is CC(=O)c1ccc(NC(=O)C(C)Oc2cccc(Br)c2)cc1. The Morgan fingerprint density at radius 1 is 1.14 bits per heavy atom. The second-order valence-electron chi connectivity index (χ2n) is 4.84. The molecule has 0 bridgehead atoms. The Hall–Kier alpha value is -2.14. The fourth-order valence-electron chi connectivity index (χ4n) is 1.83. The van der Waals surface area contributed by atoms with Gasteiger partial charge in [-0.1, -0.05) is 22.0 Å². The molecule has 1 N–H and O–H groups in total. The first-order chi connectivity index (χ1) is 10.5. The smallest absolute Gasteiger partial charge is 0.265 e. The quantitative estimate of drug-likeness (QED) is 0.817. The van der Waals surface area contributed by atoms with Gasteiger partial charge in [0.05, 0.1) is 0 Å². The van der Waals surface area contributed by atoms with Crippen molar-refractivity contribution in [3.8, 4) is 5.75 Å². The van der Waals surface area contributed by atoms with E-state index in [2.05, 4.69) is 21.2 Å². The Labute approximate surface area is 137 Å². The summed E-state index contributed by atoms with van der Waals surface area (Å²) in [6.45, 7) is 3.18. The molecule has 1 unspecified atom stereocenters. The average molecular weight is 362 g/mol. The van der Waals surface area contributed by atoms with E-state index in [1.54, 1.807) is 43.3 Å². The van der Waals surface area contributed by atoms with Crippen molar-refractivity contribution in [1.29, 1.82) is 0 Å². The van der Waals surface area contributed by atoms with Gasteiger partial charge in [0.2, 0.25) is 0 Å². The number of carbonyl (C=O) groups excluding carboxylic acids is 2. The van der Waals surface area contributed by atoms with Crippen molar-refractivity contribution in [3.05, 3.63) is 58.6 Å². The molecule has 5 heteroatoms. The summed E-state index contributed by atoms with van der Waals surface area (Å²) >= 11 is 3.35. The van der Waals surface area contributed by atoms with E-state index in [1.165, 1.54) is 6.92 Å². The summed E-state index contributed by atoms with van der Waals surface area (Å²) in [5.74, 6) is 0.351. The summed E-state index contributed by atoms with van der Waals surface area (Å²) in [6, 6.07) is 14.1. The van der Waals surface area contributed by atoms with Crippen LogP contribution in [0.3, 0.4) is 0 Å². The van der Waals surface area contributed by atoms with E-state index in [0.29, 0.717) is 17.0 Å². The summed E-state index contributed by atoms with van der Waals surface area (Å²) in [5.41, 5.74) is 1.23. The van der Waals surface area contributed by atoms with E-state index in [0.717, 1.165) is 4.47 Å². The molecule has 4 nitrogen and oxygen atoms in total. The van der Waals surface area contributed by atoms with Gasteiger partial charge in [0, 0.05) is 15.7 Å². The van der Waals surface area contributed by atoms with Gasteiger partial charge in [0.1, 0.15) is 5.75 Å². The second-order valence-corrected chi connectivity index (χ2v) is 5.76. The van der Waals surface area contributed by atoms with Crippen LogP contribution in [0.15, 0.2) is 53.0 Å². The lowest BCUT2D eigenvalue weighted by Gasteiger charge is -2.15. The number of ether oxygens (including phenoxy) is 1. The van der Waals surface area contributed by atoms with Crippen molar-refractivity contribution in [1.82, 2.24) is 0 Å². The maximum Gasteiger partial charge on any atom is 0.265 e. The van der Waals surface area contributed by atoms with Crippen LogP contribution in [0.25, 0.3) is 0 Å². The molecule has 22 heavy (non-hydrogen) atoms. The second kappa shape index (κ2) is 7.22. The maximum absolute atomic E-state index is 12.1. The van der Waals surface area contributed by atoms with Crippen molar-refractivity contribution in [3.63, 3.8) is 0 Å². The lowest BCUT2D eigenvalue weighted by Crippen LogP contribution is -2.30. The zero-order valence-corrected chi connectivity index (χ0v) is 13.9. The number of hydrogen-bond acceptors (Lipinski definition) is 3. The molecule has 0 aliphatic rings. The number of amides is 1. The van der Waals surface area contributed by atoms with Crippen molar-refractivity contribution in [2.75, 3.05) is 5.32 Å². The molecular formula is C17H16BrNO3. The van der Waals surface area contributed by atoms with Crippen LogP contribution in [-0.2, 0) is 4.79 Å². The highest BCUT2D eigenvalue weighted by Gasteiger charge is 2.15. The fraction of sp³-hybridized carbons (Fsp3) is 0.176. The highest BCUT2D eigenvalue weighted by atomic mass is 79.9. The number of benzene rings is 2. The van der Waals surface area contributed by atoms with Gasteiger partial charge in [-0.05, 0) is 56.3 Å². The number of ketones is 1. The number of anilines is 1. The summed E-state index contributed by atoms with van der Waals surface area (Å²) in [5, 5.41) is 2.76. The van der Waals surface area contributed by atoms with E-state index >= 15 is 0 Å². The van der Waals surface area contributed by atoms with Gasteiger partial charge in [-0.2, -0.15) is 0 Å². The summed E-state index contributed by atoms with van der Waals surface area (Å²) in [6.07, 6.45) is -0.637. The van der Waals surface area contributed by atoms with Crippen LogP contribution < -0.4 is 10.1 Å². The number of nitrogens with one attached hydrogen (secondary N) is 1. The Balaban J connectivity index is 1.97. The van der Waals surface area contributed by atoms with Crippen LogP contribution in [0, 0.1) is 0 Å². The molecule has 0 radical (unpaired) electrons. The van der Waals surface area contributed by atoms with Gasteiger partial charge < -0.3 is 10.1 Å². The Bertz CT molecular complexity index is 683. The molecule has 0 saturated heterocycles. The van der Waals surface area contributed by atoms with Gasteiger partial charge in [0.25, 0.3) is 5.91 Å². The van der Waals surface area contributed by atoms with Gasteiger partial charge in [0.15, 0.2) is 11.9 Å². The van der Waals surface area contributed by atoms with Gasteiger partial charge in [-0.3, -0.25) is 9.59 Å². The first-order valence-electron chi connectivity index (χ1n) is 6.80. The molecule has 0 saturated carbocycles. The van der Waals surface area contributed by atoms with E-state index in [-0.39, 0.29) is 11.7 Å².